The number of aromatic nitrogens is 1. The van der Waals surface area contributed by atoms with Crippen molar-refractivity contribution in [2.45, 2.75) is 6.92 Å². The summed E-state index contributed by atoms with van der Waals surface area (Å²) in [7, 11) is 0. The van der Waals surface area contributed by atoms with Crippen molar-refractivity contribution >= 4 is 16.8 Å². The van der Waals surface area contributed by atoms with Crippen LogP contribution in [0.5, 0.6) is 5.75 Å². The molecular formula is C11H10N2O3. The maximum absolute atomic E-state index is 10.9. The maximum atomic E-state index is 10.9. The van der Waals surface area contributed by atoms with Crippen molar-refractivity contribution in [2.24, 2.45) is 4.99 Å². The van der Waals surface area contributed by atoms with Gasteiger partial charge in [0.05, 0.1) is 11.7 Å². The fraction of sp³-hybridized carbons (Fsp3) is 0.0909. The van der Waals surface area contributed by atoms with Gasteiger partial charge >= 0.3 is 0 Å². The van der Waals surface area contributed by atoms with E-state index in [0.717, 1.165) is 10.9 Å². The van der Waals surface area contributed by atoms with Crippen molar-refractivity contribution in [3.8, 4) is 5.75 Å². The molecule has 2 N–H and O–H groups in total. The SMILES string of the molecule is CC(=O)N=c1c(O)cn(O)c2ccccc12. The third-order valence-electron chi connectivity index (χ3n) is 2.16. The standard InChI is InChI=1S/C11H10N2O3/c1-7(14)12-11-8-4-2-3-5-9(8)13(16)6-10(11)15/h2-6,15-16H,1H3. The summed E-state index contributed by atoms with van der Waals surface area (Å²) < 4.78 is 0.795. The number of rotatable bonds is 0. The summed E-state index contributed by atoms with van der Waals surface area (Å²) in [5.41, 5.74) is 0.473. The number of hydrogen-bond acceptors (Lipinski definition) is 3. The van der Waals surface area contributed by atoms with Crippen molar-refractivity contribution in [1.29, 1.82) is 0 Å². The van der Waals surface area contributed by atoms with Crippen LogP contribution in [0.25, 0.3) is 10.9 Å². The lowest BCUT2D eigenvalue weighted by molar-refractivity contribution is -0.116. The molecule has 2 rings (SSSR count). The van der Waals surface area contributed by atoms with Gasteiger partial charge in [0.1, 0.15) is 5.36 Å². The predicted molar refractivity (Wildman–Crippen MR) is 57.0 cm³/mol. The minimum Gasteiger partial charge on any atom is -0.504 e. The highest BCUT2D eigenvalue weighted by Gasteiger charge is 2.05. The summed E-state index contributed by atoms with van der Waals surface area (Å²) in [6.45, 7) is 1.30. The van der Waals surface area contributed by atoms with Crippen molar-refractivity contribution < 1.29 is 15.1 Å². The van der Waals surface area contributed by atoms with E-state index in [4.69, 9.17) is 0 Å². The smallest absolute Gasteiger partial charge is 0.243 e. The van der Waals surface area contributed by atoms with E-state index in [1.165, 1.54) is 6.92 Å². The molecule has 16 heavy (non-hydrogen) atoms. The quantitative estimate of drug-likeness (QED) is 0.648. The van der Waals surface area contributed by atoms with E-state index >= 15 is 0 Å². The molecule has 2 aromatic rings. The molecule has 1 aromatic carbocycles. The van der Waals surface area contributed by atoms with Gasteiger partial charge in [0, 0.05) is 12.3 Å². The van der Waals surface area contributed by atoms with Crippen molar-refractivity contribution in [3.63, 3.8) is 0 Å². The first-order chi connectivity index (χ1) is 7.59. The van der Waals surface area contributed by atoms with Crippen LogP contribution in [-0.4, -0.2) is 21.0 Å². The third kappa shape index (κ3) is 1.63. The summed E-state index contributed by atoms with van der Waals surface area (Å²) in [5, 5.41) is 19.8. The number of carbonyl (C=O) groups is 1. The monoisotopic (exact) mass is 218 g/mol. The minimum atomic E-state index is -0.406. The lowest BCUT2D eigenvalue weighted by Crippen LogP contribution is -2.10. The first-order valence-electron chi connectivity index (χ1n) is 4.67. The number of amides is 1. The number of carbonyl (C=O) groups excluding carboxylic acids is 1. The minimum absolute atomic E-state index is 0.174. The Morgan fingerprint density at radius 1 is 1.38 bits per heavy atom. The van der Waals surface area contributed by atoms with Gasteiger partial charge in [-0.05, 0) is 6.07 Å². The van der Waals surface area contributed by atoms with Crippen molar-refractivity contribution in [3.05, 3.63) is 35.8 Å². The highest BCUT2D eigenvalue weighted by molar-refractivity contribution is 5.82. The summed E-state index contributed by atoms with van der Waals surface area (Å²) in [6.07, 6.45) is 1.10. The van der Waals surface area contributed by atoms with Crippen molar-refractivity contribution in [1.82, 2.24) is 4.73 Å². The van der Waals surface area contributed by atoms with Crippen LogP contribution < -0.4 is 5.36 Å². The average molecular weight is 218 g/mol. The lowest BCUT2D eigenvalue weighted by Gasteiger charge is -2.05. The Bertz CT molecular complexity index is 629. The zero-order valence-corrected chi connectivity index (χ0v) is 8.58. The molecule has 0 spiro atoms. The van der Waals surface area contributed by atoms with Crippen LogP contribution in [0.2, 0.25) is 0 Å². The Kier molecular flexibility index (Phi) is 2.36. The Hall–Kier alpha value is -2.30. The van der Waals surface area contributed by atoms with E-state index in [2.05, 4.69) is 4.99 Å². The second-order valence-corrected chi connectivity index (χ2v) is 3.36. The van der Waals surface area contributed by atoms with E-state index in [1.54, 1.807) is 24.3 Å². The lowest BCUT2D eigenvalue weighted by atomic mass is 10.2. The van der Waals surface area contributed by atoms with E-state index in [-0.39, 0.29) is 11.1 Å². The molecule has 0 fully saturated rings. The highest BCUT2D eigenvalue weighted by atomic mass is 16.5. The van der Waals surface area contributed by atoms with Crippen LogP contribution in [0.15, 0.2) is 35.5 Å². The van der Waals surface area contributed by atoms with Crippen LogP contribution in [-0.2, 0) is 4.79 Å². The molecule has 0 atom stereocenters. The molecule has 0 radical (unpaired) electrons. The molecule has 1 amide bonds. The summed E-state index contributed by atoms with van der Waals surface area (Å²) in [6, 6.07) is 6.81. The van der Waals surface area contributed by atoms with Gasteiger partial charge in [0.15, 0.2) is 5.75 Å². The number of aromatic hydroxyl groups is 1. The largest absolute Gasteiger partial charge is 0.504 e. The topological polar surface area (TPSA) is 74.8 Å². The molecule has 0 saturated heterocycles. The Labute approximate surface area is 90.9 Å². The summed E-state index contributed by atoms with van der Waals surface area (Å²) in [4.78, 5) is 14.7. The molecule has 82 valence electrons. The van der Waals surface area contributed by atoms with Gasteiger partial charge in [-0.1, -0.05) is 18.2 Å². The van der Waals surface area contributed by atoms with Gasteiger partial charge in [0.25, 0.3) is 0 Å². The fourth-order valence-corrected chi connectivity index (χ4v) is 1.53. The first-order valence-corrected chi connectivity index (χ1v) is 4.67. The van der Waals surface area contributed by atoms with E-state index in [9.17, 15) is 15.1 Å². The molecule has 1 heterocycles. The van der Waals surface area contributed by atoms with Gasteiger partial charge in [-0.15, -0.1) is 0 Å². The van der Waals surface area contributed by atoms with Gasteiger partial charge < -0.3 is 10.3 Å². The molecule has 5 nitrogen and oxygen atoms in total. The second kappa shape index (κ2) is 3.69. The van der Waals surface area contributed by atoms with E-state index in [0.29, 0.717) is 10.9 Å². The zero-order valence-electron chi connectivity index (χ0n) is 8.58. The molecule has 0 unspecified atom stereocenters. The molecule has 5 heteroatoms. The molecule has 0 aliphatic heterocycles. The average Bonchev–Trinajstić information content (AvgIpc) is 2.24. The highest BCUT2D eigenvalue weighted by Crippen LogP contribution is 2.12. The van der Waals surface area contributed by atoms with Crippen molar-refractivity contribution in [2.75, 3.05) is 0 Å². The number of benzene rings is 1. The second-order valence-electron chi connectivity index (χ2n) is 3.36. The van der Waals surface area contributed by atoms with E-state index in [1.807, 2.05) is 0 Å². The first kappa shape index (κ1) is 10.2. The van der Waals surface area contributed by atoms with Crippen LogP contribution in [0.3, 0.4) is 0 Å². The van der Waals surface area contributed by atoms with Crippen LogP contribution in [0.4, 0.5) is 0 Å². The molecule has 1 aromatic heterocycles. The Balaban J connectivity index is 2.98. The molecule has 0 aliphatic rings. The van der Waals surface area contributed by atoms with Crippen LogP contribution >= 0.6 is 0 Å². The number of para-hydroxylation sites is 1. The molecule has 0 saturated carbocycles. The Morgan fingerprint density at radius 2 is 2.06 bits per heavy atom. The molecule has 0 aliphatic carbocycles. The van der Waals surface area contributed by atoms with Crippen LogP contribution in [0.1, 0.15) is 6.92 Å². The maximum Gasteiger partial charge on any atom is 0.243 e. The van der Waals surface area contributed by atoms with Gasteiger partial charge in [-0.2, -0.15) is 4.73 Å². The fourth-order valence-electron chi connectivity index (χ4n) is 1.53. The molecule has 0 bridgehead atoms. The number of pyridine rings is 1. The van der Waals surface area contributed by atoms with Gasteiger partial charge in [-0.3, -0.25) is 4.79 Å². The Morgan fingerprint density at radius 3 is 2.75 bits per heavy atom. The summed E-state index contributed by atoms with van der Waals surface area (Å²) in [5.74, 6) is -0.646. The van der Waals surface area contributed by atoms with Gasteiger partial charge in [-0.25, -0.2) is 4.99 Å². The third-order valence-corrected chi connectivity index (χ3v) is 2.16. The van der Waals surface area contributed by atoms with E-state index < -0.39 is 5.91 Å². The van der Waals surface area contributed by atoms with Gasteiger partial charge in [0.2, 0.25) is 5.91 Å². The number of nitrogens with zero attached hydrogens (tertiary/aromatic N) is 2. The zero-order chi connectivity index (χ0) is 11.7. The number of fused-ring (bicyclic) bond motifs is 1. The van der Waals surface area contributed by atoms with Crippen LogP contribution in [0, 0.1) is 0 Å². The normalized spacial score (nSPS) is 11.9. The molecular weight excluding hydrogens is 208 g/mol. The predicted octanol–water partition coefficient (Wildman–Crippen LogP) is 1.03. The summed E-state index contributed by atoms with van der Waals surface area (Å²) >= 11 is 0. The number of hydrogen-bond donors (Lipinski definition) is 2.